The highest BCUT2D eigenvalue weighted by Gasteiger charge is 2.31. The summed E-state index contributed by atoms with van der Waals surface area (Å²) in [5, 5.41) is 10.2. The molecule has 1 unspecified atom stereocenters. The first kappa shape index (κ1) is 15.4. The molecule has 0 aromatic carbocycles. The minimum atomic E-state index is -3.62. The zero-order valence-corrected chi connectivity index (χ0v) is 12.7. The molecule has 0 bridgehead atoms. The van der Waals surface area contributed by atoms with Crippen molar-refractivity contribution in [2.45, 2.75) is 30.1 Å². The Kier molecular flexibility index (Phi) is 4.79. The maximum atomic E-state index is 12.5. The second-order valence-corrected chi connectivity index (χ2v) is 7.62. The Morgan fingerprint density at radius 3 is 2.95 bits per heavy atom. The van der Waals surface area contributed by atoms with Crippen LogP contribution in [0, 0.1) is 0 Å². The van der Waals surface area contributed by atoms with E-state index in [1.165, 1.54) is 15.8 Å². The van der Waals surface area contributed by atoms with E-state index in [1.807, 2.05) is 6.92 Å². The molecule has 1 aliphatic rings. The quantitative estimate of drug-likeness (QED) is 0.892. The molecule has 0 amide bonds. The third-order valence-electron chi connectivity index (χ3n) is 3.16. The molecular formula is C12H17NO5S2. The van der Waals surface area contributed by atoms with Gasteiger partial charge in [-0.25, -0.2) is 13.2 Å². The van der Waals surface area contributed by atoms with Gasteiger partial charge in [0.05, 0.1) is 11.7 Å². The molecule has 1 fully saturated rings. The maximum absolute atomic E-state index is 12.5. The number of rotatable bonds is 5. The van der Waals surface area contributed by atoms with Crippen LogP contribution in [-0.4, -0.2) is 49.6 Å². The molecule has 2 rings (SSSR count). The Morgan fingerprint density at radius 2 is 2.35 bits per heavy atom. The van der Waals surface area contributed by atoms with Crippen LogP contribution in [0.4, 0.5) is 0 Å². The van der Waals surface area contributed by atoms with Crippen LogP contribution in [-0.2, 0) is 14.8 Å². The van der Waals surface area contributed by atoms with Crippen molar-refractivity contribution in [2.24, 2.45) is 0 Å². The maximum Gasteiger partial charge on any atom is 0.336 e. The number of ether oxygens (including phenoxy) is 1. The molecule has 1 atom stereocenters. The highest BCUT2D eigenvalue weighted by atomic mass is 32.2. The normalized spacial score (nSPS) is 20.9. The van der Waals surface area contributed by atoms with Gasteiger partial charge in [-0.3, -0.25) is 0 Å². The largest absolute Gasteiger partial charge is 0.478 e. The van der Waals surface area contributed by atoms with E-state index in [0.717, 1.165) is 24.2 Å². The highest BCUT2D eigenvalue weighted by molar-refractivity contribution is 7.91. The van der Waals surface area contributed by atoms with Gasteiger partial charge in [-0.2, -0.15) is 4.31 Å². The first-order chi connectivity index (χ1) is 9.45. The lowest BCUT2D eigenvalue weighted by Crippen LogP contribution is -2.42. The minimum absolute atomic E-state index is 0.00643. The van der Waals surface area contributed by atoms with Gasteiger partial charge < -0.3 is 9.84 Å². The fraction of sp³-hybridized carbons (Fsp3) is 0.583. The molecule has 2 heterocycles. The van der Waals surface area contributed by atoms with Crippen LogP contribution in [0.25, 0.3) is 0 Å². The molecule has 112 valence electrons. The molecule has 0 saturated carbocycles. The number of carbonyl (C=O) groups is 1. The molecular weight excluding hydrogens is 302 g/mol. The molecule has 1 aromatic heterocycles. The number of carboxylic acids is 1. The van der Waals surface area contributed by atoms with Crippen LogP contribution in [0.15, 0.2) is 15.7 Å². The summed E-state index contributed by atoms with van der Waals surface area (Å²) in [6.07, 6.45) is 1.52. The number of aromatic carboxylic acids is 1. The van der Waals surface area contributed by atoms with Crippen LogP contribution < -0.4 is 0 Å². The van der Waals surface area contributed by atoms with E-state index in [2.05, 4.69) is 0 Å². The van der Waals surface area contributed by atoms with Crippen LogP contribution in [0.1, 0.15) is 30.1 Å². The molecule has 0 spiro atoms. The fourth-order valence-corrected chi connectivity index (χ4v) is 5.00. The molecule has 8 heteroatoms. The van der Waals surface area contributed by atoms with E-state index in [4.69, 9.17) is 9.84 Å². The number of hydrogen-bond acceptors (Lipinski definition) is 5. The van der Waals surface area contributed by atoms with Crippen LogP contribution in [0.3, 0.4) is 0 Å². The summed E-state index contributed by atoms with van der Waals surface area (Å²) in [4.78, 5) is 10.8. The number of sulfonamides is 1. The number of hydrogen-bond donors (Lipinski definition) is 1. The molecule has 0 radical (unpaired) electrons. The standard InChI is InChI=1S/C12H17NO5S2/c1-2-18-10-4-3-5-13(7-10)20(16,17)11-6-9(8-19-11)12(14)15/h6,8,10H,2-5,7H2,1H3,(H,14,15). The summed E-state index contributed by atoms with van der Waals surface area (Å²) >= 11 is 0.942. The van der Waals surface area contributed by atoms with Gasteiger partial charge in [-0.15, -0.1) is 11.3 Å². The molecule has 0 aliphatic carbocycles. The number of nitrogens with zero attached hydrogens (tertiary/aromatic N) is 1. The van der Waals surface area contributed by atoms with E-state index < -0.39 is 16.0 Å². The summed E-state index contributed by atoms with van der Waals surface area (Å²) in [6, 6.07) is 1.21. The molecule has 6 nitrogen and oxygen atoms in total. The second-order valence-electron chi connectivity index (χ2n) is 4.54. The van der Waals surface area contributed by atoms with Gasteiger partial charge in [0.15, 0.2) is 0 Å². The summed E-state index contributed by atoms with van der Waals surface area (Å²) in [5.41, 5.74) is 0.00643. The smallest absolute Gasteiger partial charge is 0.336 e. The van der Waals surface area contributed by atoms with Gasteiger partial charge in [-0.1, -0.05) is 0 Å². The monoisotopic (exact) mass is 319 g/mol. The van der Waals surface area contributed by atoms with Gasteiger partial charge in [0.1, 0.15) is 4.21 Å². The van der Waals surface area contributed by atoms with E-state index in [9.17, 15) is 13.2 Å². The molecule has 20 heavy (non-hydrogen) atoms. The van der Waals surface area contributed by atoms with E-state index in [1.54, 1.807) is 0 Å². The first-order valence-electron chi connectivity index (χ1n) is 6.38. The van der Waals surface area contributed by atoms with Crippen molar-refractivity contribution in [2.75, 3.05) is 19.7 Å². The lowest BCUT2D eigenvalue weighted by Gasteiger charge is -2.31. The lowest BCUT2D eigenvalue weighted by atomic mass is 10.1. The third-order valence-corrected chi connectivity index (χ3v) is 6.44. The molecule has 1 N–H and O–H groups in total. The van der Waals surface area contributed by atoms with E-state index >= 15 is 0 Å². The van der Waals surface area contributed by atoms with Crippen molar-refractivity contribution < 1.29 is 23.1 Å². The summed E-state index contributed by atoms with van der Waals surface area (Å²) < 4.78 is 31.9. The van der Waals surface area contributed by atoms with Crippen LogP contribution >= 0.6 is 11.3 Å². The topological polar surface area (TPSA) is 83.9 Å². The Hall–Kier alpha value is -0.960. The second kappa shape index (κ2) is 6.21. The zero-order valence-electron chi connectivity index (χ0n) is 11.1. The van der Waals surface area contributed by atoms with Gasteiger partial charge in [0, 0.05) is 25.1 Å². The van der Waals surface area contributed by atoms with Crippen molar-refractivity contribution in [3.8, 4) is 0 Å². The average Bonchev–Trinajstić information content (AvgIpc) is 2.90. The highest BCUT2D eigenvalue weighted by Crippen LogP contribution is 2.27. The van der Waals surface area contributed by atoms with Crippen molar-refractivity contribution in [1.29, 1.82) is 0 Å². The van der Waals surface area contributed by atoms with Crippen molar-refractivity contribution >= 4 is 27.3 Å². The summed E-state index contributed by atoms with van der Waals surface area (Å²) in [6.45, 7) is 3.22. The minimum Gasteiger partial charge on any atom is -0.478 e. The van der Waals surface area contributed by atoms with Crippen molar-refractivity contribution in [3.05, 3.63) is 17.0 Å². The van der Waals surface area contributed by atoms with Gasteiger partial charge in [-0.05, 0) is 25.8 Å². The summed E-state index contributed by atoms with van der Waals surface area (Å²) in [7, 11) is -3.62. The first-order valence-corrected chi connectivity index (χ1v) is 8.70. The third kappa shape index (κ3) is 3.20. The Labute approximate surface area is 122 Å². The number of thiophene rings is 1. The van der Waals surface area contributed by atoms with Gasteiger partial charge in [0.2, 0.25) is 0 Å². The lowest BCUT2D eigenvalue weighted by molar-refractivity contribution is 0.0265. The summed E-state index contributed by atoms with van der Waals surface area (Å²) in [5.74, 6) is -1.12. The van der Waals surface area contributed by atoms with Crippen LogP contribution in [0.2, 0.25) is 0 Å². The Bertz CT molecular complexity index is 578. The SMILES string of the molecule is CCOC1CCCN(S(=O)(=O)c2cc(C(=O)O)cs2)C1. The fourth-order valence-electron chi connectivity index (χ4n) is 2.19. The van der Waals surface area contributed by atoms with E-state index in [0.29, 0.717) is 19.7 Å². The van der Waals surface area contributed by atoms with Gasteiger partial charge >= 0.3 is 5.97 Å². The molecule has 1 aliphatic heterocycles. The molecule has 1 saturated heterocycles. The average molecular weight is 319 g/mol. The number of carboxylic acid groups (broad SMARTS) is 1. The number of piperidine rings is 1. The van der Waals surface area contributed by atoms with Crippen LogP contribution in [0.5, 0.6) is 0 Å². The van der Waals surface area contributed by atoms with Crippen molar-refractivity contribution in [3.63, 3.8) is 0 Å². The Balaban J connectivity index is 2.18. The van der Waals surface area contributed by atoms with E-state index in [-0.39, 0.29) is 15.9 Å². The molecule has 1 aromatic rings. The van der Waals surface area contributed by atoms with Gasteiger partial charge in [0.25, 0.3) is 10.0 Å². The zero-order chi connectivity index (χ0) is 14.8. The Morgan fingerprint density at radius 1 is 1.60 bits per heavy atom. The van der Waals surface area contributed by atoms with Crippen molar-refractivity contribution in [1.82, 2.24) is 4.31 Å². The predicted octanol–water partition coefficient (Wildman–Crippen LogP) is 1.64. The predicted molar refractivity (Wildman–Crippen MR) is 74.7 cm³/mol.